The van der Waals surface area contributed by atoms with Gasteiger partial charge in [-0.15, -0.1) is 0 Å². The van der Waals surface area contributed by atoms with Crippen LogP contribution in [0.2, 0.25) is 0 Å². The van der Waals surface area contributed by atoms with Gasteiger partial charge in [-0.2, -0.15) is 4.31 Å². The van der Waals surface area contributed by atoms with Gasteiger partial charge >= 0.3 is 0 Å². The van der Waals surface area contributed by atoms with Gasteiger partial charge in [0.2, 0.25) is 10.0 Å². The number of rotatable bonds is 4. The molecule has 0 heterocycles. The lowest BCUT2D eigenvalue weighted by Crippen LogP contribution is -2.26. The Morgan fingerprint density at radius 2 is 1.71 bits per heavy atom. The third-order valence-electron chi connectivity index (χ3n) is 2.92. The maximum Gasteiger partial charge on any atom is 0.243 e. The van der Waals surface area contributed by atoms with Crippen molar-refractivity contribution in [2.24, 2.45) is 0 Å². The second kappa shape index (κ2) is 6.56. The Morgan fingerprint density at radius 3 is 2.29 bits per heavy atom. The molecule has 0 aliphatic carbocycles. The lowest BCUT2D eigenvalue weighted by Gasteiger charge is -2.17. The summed E-state index contributed by atoms with van der Waals surface area (Å²) in [6.07, 6.45) is 0. The van der Waals surface area contributed by atoms with Gasteiger partial charge in [0.25, 0.3) is 0 Å². The molecule has 2 rings (SSSR count). The van der Waals surface area contributed by atoms with Crippen LogP contribution < -0.4 is 0 Å². The molecule has 2 aromatic carbocycles. The van der Waals surface area contributed by atoms with E-state index in [1.54, 1.807) is 0 Å². The summed E-state index contributed by atoms with van der Waals surface area (Å²) in [6.45, 7) is 0.216. The zero-order chi connectivity index (χ0) is 15.6. The fraction of sp³-hybridized carbons (Fsp3) is 0.143. The van der Waals surface area contributed by atoms with Gasteiger partial charge in [-0.05, 0) is 51.8 Å². The number of nitrogens with zero attached hydrogens (tertiary/aromatic N) is 1. The van der Waals surface area contributed by atoms with Gasteiger partial charge in [0.1, 0.15) is 5.82 Å². The zero-order valence-electron chi connectivity index (χ0n) is 11.1. The van der Waals surface area contributed by atoms with Crippen LogP contribution in [0.15, 0.2) is 56.3 Å². The van der Waals surface area contributed by atoms with E-state index in [2.05, 4.69) is 31.9 Å². The van der Waals surface area contributed by atoms with E-state index in [9.17, 15) is 12.8 Å². The van der Waals surface area contributed by atoms with Crippen molar-refractivity contribution in [2.75, 3.05) is 7.05 Å². The average Bonchev–Trinajstić information content (AvgIpc) is 2.44. The summed E-state index contributed by atoms with van der Waals surface area (Å²) in [4.78, 5) is -0.0668. The highest BCUT2D eigenvalue weighted by Gasteiger charge is 2.22. The Balaban J connectivity index is 2.25. The molecule has 112 valence electrons. The normalized spacial score (nSPS) is 11.9. The molecule has 0 spiro atoms. The van der Waals surface area contributed by atoms with Crippen LogP contribution in [0.25, 0.3) is 0 Å². The number of hydrogen-bond donors (Lipinski definition) is 0. The van der Waals surface area contributed by atoms with E-state index < -0.39 is 15.8 Å². The van der Waals surface area contributed by atoms with Gasteiger partial charge in [0, 0.05) is 18.1 Å². The fourth-order valence-corrected chi connectivity index (χ4v) is 3.43. The smallest absolute Gasteiger partial charge is 0.207 e. The highest BCUT2D eigenvalue weighted by molar-refractivity contribution is 9.10. The minimum atomic E-state index is -3.73. The first-order valence-electron chi connectivity index (χ1n) is 5.96. The van der Waals surface area contributed by atoms with E-state index >= 15 is 0 Å². The van der Waals surface area contributed by atoms with E-state index in [1.807, 2.05) is 24.3 Å². The molecule has 0 saturated carbocycles. The van der Waals surface area contributed by atoms with Crippen LogP contribution in [0.4, 0.5) is 4.39 Å². The maximum atomic E-state index is 13.5. The molecule has 2 aromatic rings. The highest BCUT2D eigenvalue weighted by atomic mass is 79.9. The second-order valence-corrected chi connectivity index (χ2v) is 8.28. The summed E-state index contributed by atoms with van der Waals surface area (Å²) in [5, 5.41) is 0. The first-order chi connectivity index (χ1) is 9.80. The Bertz CT molecular complexity index is 748. The quantitative estimate of drug-likeness (QED) is 0.721. The Morgan fingerprint density at radius 1 is 1.10 bits per heavy atom. The van der Waals surface area contributed by atoms with Crippen LogP contribution in [0.5, 0.6) is 0 Å². The molecule has 0 aliphatic heterocycles. The van der Waals surface area contributed by atoms with Crippen molar-refractivity contribution >= 4 is 41.9 Å². The second-order valence-electron chi connectivity index (χ2n) is 4.46. The highest BCUT2D eigenvalue weighted by Crippen LogP contribution is 2.22. The molecular weight excluding hydrogens is 425 g/mol. The molecule has 0 N–H and O–H groups in total. The van der Waals surface area contributed by atoms with Crippen molar-refractivity contribution in [3.63, 3.8) is 0 Å². The number of halogens is 3. The predicted octanol–water partition coefficient (Wildman–Crippen LogP) is 4.17. The van der Waals surface area contributed by atoms with E-state index in [1.165, 1.54) is 23.5 Å². The van der Waals surface area contributed by atoms with Crippen molar-refractivity contribution in [1.82, 2.24) is 4.31 Å². The fourth-order valence-electron chi connectivity index (χ4n) is 1.75. The molecule has 0 bridgehead atoms. The SMILES string of the molecule is CN(Cc1ccc(Br)cc1)S(=O)(=O)c1ccc(Br)c(F)c1. The Labute approximate surface area is 140 Å². The summed E-state index contributed by atoms with van der Waals surface area (Å²) < 4.78 is 40.7. The van der Waals surface area contributed by atoms with Crippen molar-refractivity contribution in [3.05, 3.63) is 62.8 Å². The van der Waals surface area contributed by atoms with Crippen LogP contribution in [-0.2, 0) is 16.6 Å². The molecule has 0 amide bonds. The van der Waals surface area contributed by atoms with Crippen LogP contribution in [-0.4, -0.2) is 19.8 Å². The molecule has 0 atom stereocenters. The van der Waals surface area contributed by atoms with Crippen molar-refractivity contribution < 1.29 is 12.8 Å². The van der Waals surface area contributed by atoms with Gasteiger partial charge in [0.15, 0.2) is 0 Å². The predicted molar refractivity (Wildman–Crippen MR) is 86.9 cm³/mol. The number of benzene rings is 2. The third-order valence-corrected chi connectivity index (χ3v) is 5.89. The molecular formula is C14H12Br2FNO2S. The van der Waals surface area contributed by atoms with E-state index in [0.29, 0.717) is 0 Å². The van der Waals surface area contributed by atoms with Crippen molar-refractivity contribution in [1.29, 1.82) is 0 Å². The summed E-state index contributed by atoms with van der Waals surface area (Å²) in [6, 6.07) is 11.1. The molecule has 21 heavy (non-hydrogen) atoms. The van der Waals surface area contributed by atoms with Gasteiger partial charge in [-0.25, -0.2) is 12.8 Å². The summed E-state index contributed by atoms with van der Waals surface area (Å²) >= 11 is 6.33. The Hall–Kier alpha value is -0.760. The molecule has 0 unspecified atom stereocenters. The molecule has 0 saturated heterocycles. The van der Waals surface area contributed by atoms with Crippen LogP contribution in [0, 0.1) is 5.82 Å². The van der Waals surface area contributed by atoms with Gasteiger partial charge in [0.05, 0.1) is 9.37 Å². The van der Waals surface area contributed by atoms with E-state index in [4.69, 9.17) is 0 Å². The van der Waals surface area contributed by atoms with E-state index in [-0.39, 0.29) is 15.9 Å². The molecule has 0 fully saturated rings. The number of sulfonamides is 1. The first kappa shape index (κ1) is 16.6. The monoisotopic (exact) mass is 435 g/mol. The summed E-state index contributed by atoms with van der Waals surface area (Å²) in [5.41, 5.74) is 0.849. The lowest BCUT2D eigenvalue weighted by molar-refractivity contribution is 0.466. The van der Waals surface area contributed by atoms with E-state index in [0.717, 1.165) is 16.1 Å². The molecule has 3 nitrogen and oxygen atoms in total. The van der Waals surface area contributed by atoms with Crippen LogP contribution in [0.3, 0.4) is 0 Å². The van der Waals surface area contributed by atoms with Crippen molar-refractivity contribution in [3.8, 4) is 0 Å². The molecule has 0 aliphatic rings. The minimum absolute atomic E-state index is 0.0668. The first-order valence-corrected chi connectivity index (χ1v) is 8.99. The van der Waals surface area contributed by atoms with Gasteiger partial charge in [-0.3, -0.25) is 0 Å². The van der Waals surface area contributed by atoms with Crippen LogP contribution in [0.1, 0.15) is 5.56 Å². The van der Waals surface area contributed by atoms with Gasteiger partial charge in [-0.1, -0.05) is 28.1 Å². The van der Waals surface area contributed by atoms with Gasteiger partial charge < -0.3 is 0 Å². The maximum absolute atomic E-state index is 13.5. The average molecular weight is 437 g/mol. The lowest BCUT2D eigenvalue weighted by atomic mass is 10.2. The Kier molecular flexibility index (Phi) is 5.19. The number of hydrogen-bond acceptors (Lipinski definition) is 2. The summed E-state index contributed by atoms with van der Waals surface area (Å²) in [5.74, 6) is -0.604. The molecule has 7 heteroatoms. The zero-order valence-corrected chi connectivity index (χ0v) is 15.0. The van der Waals surface area contributed by atoms with Crippen LogP contribution >= 0.6 is 31.9 Å². The van der Waals surface area contributed by atoms with Crippen molar-refractivity contribution in [2.45, 2.75) is 11.4 Å². The standard InChI is InChI=1S/C14H12Br2FNO2S/c1-18(9-10-2-4-11(15)5-3-10)21(19,20)12-6-7-13(16)14(17)8-12/h2-8H,9H2,1H3. The third kappa shape index (κ3) is 3.91. The molecule has 0 radical (unpaired) electrons. The minimum Gasteiger partial charge on any atom is -0.207 e. The summed E-state index contributed by atoms with van der Waals surface area (Å²) in [7, 11) is -2.26. The topological polar surface area (TPSA) is 37.4 Å². The molecule has 0 aromatic heterocycles. The largest absolute Gasteiger partial charge is 0.243 e.